The first kappa shape index (κ1) is 12.1. The number of hydrogen-bond acceptors (Lipinski definition) is 4. The molecule has 5 heteroatoms. The van der Waals surface area contributed by atoms with E-state index in [-0.39, 0.29) is 0 Å². The van der Waals surface area contributed by atoms with E-state index in [1.807, 2.05) is 6.92 Å². The maximum atomic E-state index is 11.8. The minimum absolute atomic E-state index is 0.442. The third-order valence-electron chi connectivity index (χ3n) is 2.99. The average molecular weight is 214 g/mol. The van der Waals surface area contributed by atoms with E-state index in [1.165, 1.54) is 0 Å². The zero-order valence-electron chi connectivity index (χ0n) is 8.90. The number of Topliss-reactive ketones (excluding diaryl/α,β-unsaturated/α-hetero) is 1. The minimum atomic E-state index is -1.26. The highest BCUT2D eigenvalue weighted by molar-refractivity contribution is 6.10. The fourth-order valence-corrected chi connectivity index (χ4v) is 1.71. The number of primary amides is 1. The minimum Gasteiger partial charge on any atom is -0.384 e. The topological polar surface area (TPSA) is 106 Å². The van der Waals surface area contributed by atoms with Crippen LogP contribution in [0.4, 0.5) is 0 Å². The fraction of sp³-hybridized carbons (Fsp3) is 0.800. The highest BCUT2D eigenvalue weighted by Crippen LogP contribution is 2.47. The summed E-state index contributed by atoms with van der Waals surface area (Å²) in [5.74, 6) is -1.15. The molecule has 5 nitrogen and oxygen atoms in total. The van der Waals surface area contributed by atoms with E-state index in [2.05, 4.69) is 0 Å². The monoisotopic (exact) mass is 214 g/mol. The Balaban J connectivity index is 2.64. The van der Waals surface area contributed by atoms with Gasteiger partial charge in [0.2, 0.25) is 5.91 Å². The summed E-state index contributed by atoms with van der Waals surface area (Å²) in [5.41, 5.74) is 9.64. The third-order valence-corrected chi connectivity index (χ3v) is 2.99. The lowest BCUT2D eigenvalue weighted by Crippen LogP contribution is -2.47. The number of nitrogens with two attached hydrogens (primary N) is 2. The van der Waals surface area contributed by atoms with Crippen LogP contribution in [-0.4, -0.2) is 28.9 Å². The smallest absolute Gasteiger partial charge is 0.231 e. The Kier molecular flexibility index (Phi) is 3.46. The van der Waals surface area contributed by atoms with Gasteiger partial charge in [-0.15, -0.1) is 0 Å². The Labute approximate surface area is 88.8 Å². The molecule has 1 saturated carbocycles. The zero-order valence-corrected chi connectivity index (χ0v) is 8.90. The first-order valence-corrected chi connectivity index (χ1v) is 5.23. The van der Waals surface area contributed by atoms with E-state index in [1.54, 1.807) is 0 Å². The van der Waals surface area contributed by atoms with Gasteiger partial charge < -0.3 is 16.6 Å². The molecule has 5 N–H and O–H groups in total. The van der Waals surface area contributed by atoms with Crippen molar-refractivity contribution in [2.24, 2.45) is 16.9 Å². The van der Waals surface area contributed by atoms with Crippen molar-refractivity contribution in [1.82, 2.24) is 0 Å². The van der Waals surface area contributed by atoms with E-state index in [0.717, 1.165) is 6.42 Å². The number of carbonyl (C=O) groups excluding carboxylic acids is 2. The van der Waals surface area contributed by atoms with Gasteiger partial charge in [0.1, 0.15) is 11.5 Å². The first-order valence-electron chi connectivity index (χ1n) is 5.23. The van der Waals surface area contributed by atoms with Crippen LogP contribution in [0.2, 0.25) is 0 Å². The number of hydrogen-bond donors (Lipinski definition) is 3. The third kappa shape index (κ3) is 2.18. The molecule has 2 atom stereocenters. The van der Waals surface area contributed by atoms with Crippen LogP contribution in [0.25, 0.3) is 0 Å². The number of aliphatic hydroxyl groups is 1. The highest BCUT2D eigenvalue weighted by atomic mass is 16.3. The van der Waals surface area contributed by atoms with Gasteiger partial charge in [0.25, 0.3) is 0 Å². The summed E-state index contributed by atoms with van der Waals surface area (Å²) in [5, 5.41) is 9.66. The standard InChI is InChI=1S/C10H18N2O3/c1-2-3-6(11)7(13)8(14)10(4-5-10)9(12)15/h6-7,13H,2-5,11H2,1H3,(H2,12,15)/t6-,7-/m0/s1. The van der Waals surface area contributed by atoms with E-state index in [0.29, 0.717) is 19.3 Å². The lowest BCUT2D eigenvalue weighted by atomic mass is 9.91. The van der Waals surface area contributed by atoms with Crippen molar-refractivity contribution in [3.63, 3.8) is 0 Å². The second kappa shape index (κ2) is 4.28. The van der Waals surface area contributed by atoms with Gasteiger partial charge >= 0.3 is 0 Å². The van der Waals surface area contributed by atoms with Crippen molar-refractivity contribution < 1.29 is 14.7 Å². The molecule has 0 radical (unpaired) electrons. The van der Waals surface area contributed by atoms with Gasteiger partial charge in [0.05, 0.1) is 0 Å². The van der Waals surface area contributed by atoms with Crippen LogP contribution in [0.1, 0.15) is 32.6 Å². The Hall–Kier alpha value is -0.940. The second-order valence-corrected chi connectivity index (χ2v) is 4.21. The number of rotatable bonds is 6. The zero-order chi connectivity index (χ0) is 11.6. The molecule has 0 aliphatic heterocycles. The van der Waals surface area contributed by atoms with Crippen LogP contribution >= 0.6 is 0 Å². The molecule has 86 valence electrons. The molecular weight excluding hydrogens is 196 g/mol. The molecule has 0 bridgehead atoms. The lowest BCUT2D eigenvalue weighted by Gasteiger charge is -2.20. The van der Waals surface area contributed by atoms with Crippen molar-refractivity contribution in [3.8, 4) is 0 Å². The number of carbonyl (C=O) groups is 2. The maximum absolute atomic E-state index is 11.8. The van der Waals surface area contributed by atoms with Gasteiger partial charge in [-0.1, -0.05) is 13.3 Å². The van der Waals surface area contributed by atoms with Gasteiger partial charge in [-0.3, -0.25) is 9.59 Å². The number of ketones is 1. The summed E-state index contributed by atoms with van der Waals surface area (Å²) in [6.07, 6.45) is 0.963. The molecule has 1 rings (SSSR count). The van der Waals surface area contributed by atoms with Gasteiger partial charge in [-0.05, 0) is 19.3 Å². The van der Waals surface area contributed by atoms with Crippen LogP contribution in [0.5, 0.6) is 0 Å². The van der Waals surface area contributed by atoms with E-state index in [4.69, 9.17) is 11.5 Å². The van der Waals surface area contributed by atoms with Crippen LogP contribution in [-0.2, 0) is 9.59 Å². The van der Waals surface area contributed by atoms with Crippen LogP contribution in [0, 0.1) is 5.41 Å². The predicted octanol–water partition coefficient (Wildman–Crippen LogP) is -0.691. The Morgan fingerprint density at radius 1 is 1.47 bits per heavy atom. The number of amides is 1. The van der Waals surface area contributed by atoms with Gasteiger partial charge in [0, 0.05) is 6.04 Å². The molecule has 0 spiro atoms. The van der Waals surface area contributed by atoms with Crippen molar-refractivity contribution >= 4 is 11.7 Å². The highest BCUT2D eigenvalue weighted by Gasteiger charge is 2.57. The lowest BCUT2D eigenvalue weighted by molar-refractivity contribution is -0.140. The van der Waals surface area contributed by atoms with E-state index >= 15 is 0 Å². The van der Waals surface area contributed by atoms with Crippen LogP contribution in [0.3, 0.4) is 0 Å². The molecule has 0 heterocycles. The molecule has 15 heavy (non-hydrogen) atoms. The molecule has 1 fully saturated rings. The van der Waals surface area contributed by atoms with Gasteiger partial charge in [-0.25, -0.2) is 0 Å². The molecule has 0 unspecified atom stereocenters. The summed E-state index contributed by atoms with van der Waals surface area (Å²) in [4.78, 5) is 22.8. The summed E-state index contributed by atoms with van der Waals surface area (Å²) < 4.78 is 0. The Morgan fingerprint density at radius 3 is 2.33 bits per heavy atom. The first-order chi connectivity index (χ1) is 6.95. The molecule has 0 saturated heterocycles. The average Bonchev–Trinajstić information content (AvgIpc) is 2.96. The van der Waals surface area contributed by atoms with Crippen molar-refractivity contribution in [2.45, 2.75) is 44.8 Å². The van der Waals surface area contributed by atoms with Gasteiger partial charge in [0.15, 0.2) is 5.78 Å². The van der Waals surface area contributed by atoms with Crippen LogP contribution in [0.15, 0.2) is 0 Å². The summed E-state index contributed by atoms with van der Waals surface area (Å²) in [6, 6.07) is -0.598. The SMILES string of the molecule is CCC[C@H](N)[C@H](O)C(=O)C1(C(N)=O)CC1. The molecule has 1 aliphatic rings. The predicted molar refractivity (Wildman–Crippen MR) is 54.8 cm³/mol. The Morgan fingerprint density at radius 2 is 2.00 bits per heavy atom. The summed E-state index contributed by atoms with van der Waals surface area (Å²) >= 11 is 0. The summed E-state index contributed by atoms with van der Waals surface area (Å²) in [6.45, 7) is 1.91. The molecule has 0 aromatic heterocycles. The normalized spacial score (nSPS) is 21.8. The fourth-order valence-electron chi connectivity index (χ4n) is 1.71. The van der Waals surface area contributed by atoms with Crippen molar-refractivity contribution in [3.05, 3.63) is 0 Å². The second-order valence-electron chi connectivity index (χ2n) is 4.21. The van der Waals surface area contributed by atoms with Crippen LogP contribution < -0.4 is 11.5 Å². The summed E-state index contributed by atoms with van der Waals surface area (Å²) in [7, 11) is 0. The quantitative estimate of drug-likeness (QED) is 0.509. The molecule has 1 amide bonds. The maximum Gasteiger partial charge on any atom is 0.231 e. The van der Waals surface area contributed by atoms with Gasteiger partial charge in [-0.2, -0.15) is 0 Å². The Bertz CT molecular complexity index is 274. The van der Waals surface area contributed by atoms with Crippen molar-refractivity contribution in [1.29, 1.82) is 0 Å². The molecule has 1 aliphatic carbocycles. The number of aliphatic hydroxyl groups excluding tert-OH is 1. The van der Waals surface area contributed by atoms with E-state index < -0.39 is 29.3 Å². The van der Waals surface area contributed by atoms with Crippen molar-refractivity contribution in [2.75, 3.05) is 0 Å². The largest absolute Gasteiger partial charge is 0.384 e. The molecule has 0 aromatic carbocycles. The van der Waals surface area contributed by atoms with E-state index in [9.17, 15) is 14.7 Å². The molecular formula is C10H18N2O3. The molecule has 0 aromatic rings.